The lowest BCUT2D eigenvalue weighted by Crippen LogP contribution is -2.40. The summed E-state index contributed by atoms with van der Waals surface area (Å²) in [4.78, 5) is 30.9. The zero-order valence-corrected chi connectivity index (χ0v) is 15.6. The van der Waals surface area contributed by atoms with Crippen molar-refractivity contribution in [3.8, 4) is 16.3 Å². The van der Waals surface area contributed by atoms with Crippen LogP contribution >= 0.6 is 11.3 Å². The maximum Gasteiger partial charge on any atom is 0.325 e. The Balaban J connectivity index is 1.53. The molecule has 1 saturated heterocycles. The van der Waals surface area contributed by atoms with Gasteiger partial charge in [-0.2, -0.15) is 0 Å². The summed E-state index contributed by atoms with van der Waals surface area (Å²) in [6.45, 7) is 1.74. The number of methoxy groups -OCH3 is 1. The van der Waals surface area contributed by atoms with Gasteiger partial charge < -0.3 is 14.5 Å². The number of imide groups is 1. The van der Waals surface area contributed by atoms with Crippen LogP contribution in [0.1, 0.15) is 18.4 Å². The molecule has 1 unspecified atom stereocenters. The number of furan rings is 1. The van der Waals surface area contributed by atoms with Gasteiger partial charge in [0.2, 0.25) is 0 Å². The van der Waals surface area contributed by atoms with E-state index in [1.165, 1.54) is 17.6 Å². The Morgan fingerprint density at radius 1 is 1.26 bits per heavy atom. The smallest absolute Gasteiger partial charge is 0.325 e. The lowest BCUT2D eigenvalue weighted by atomic mass is 9.99. The van der Waals surface area contributed by atoms with Crippen LogP contribution in [0.3, 0.4) is 0 Å². The average molecular weight is 383 g/mol. The summed E-state index contributed by atoms with van der Waals surface area (Å²) in [5.41, 5.74) is 0.401. The molecular formula is C19H17N3O4S. The Kier molecular flexibility index (Phi) is 4.19. The Labute approximate surface area is 159 Å². The van der Waals surface area contributed by atoms with Gasteiger partial charge in [0, 0.05) is 10.9 Å². The largest absolute Gasteiger partial charge is 0.497 e. The Morgan fingerprint density at radius 2 is 2.04 bits per heavy atom. The van der Waals surface area contributed by atoms with E-state index in [-0.39, 0.29) is 12.5 Å². The Bertz CT molecular complexity index is 981. The molecule has 1 fully saturated rings. The molecule has 3 amide bonds. The molecular weight excluding hydrogens is 366 g/mol. The monoisotopic (exact) mass is 383 g/mol. The fourth-order valence-corrected chi connectivity index (χ4v) is 3.80. The number of carbonyl (C=O) groups excluding carboxylic acids is 2. The van der Waals surface area contributed by atoms with Crippen LogP contribution in [0.15, 0.2) is 52.5 Å². The number of nitrogens with one attached hydrogen (secondary N) is 1. The quantitative estimate of drug-likeness (QED) is 0.683. The third kappa shape index (κ3) is 2.97. The second kappa shape index (κ2) is 6.55. The number of urea groups is 1. The highest BCUT2D eigenvalue weighted by Gasteiger charge is 2.51. The summed E-state index contributed by atoms with van der Waals surface area (Å²) in [7, 11) is 1.62. The minimum Gasteiger partial charge on any atom is -0.497 e. The molecule has 7 nitrogen and oxygen atoms in total. The molecule has 0 saturated carbocycles. The van der Waals surface area contributed by atoms with Crippen molar-refractivity contribution in [3.05, 3.63) is 59.5 Å². The van der Waals surface area contributed by atoms with Crippen molar-refractivity contribution in [3.63, 3.8) is 0 Å². The van der Waals surface area contributed by atoms with E-state index in [4.69, 9.17) is 9.15 Å². The first-order valence-electron chi connectivity index (χ1n) is 8.28. The molecule has 0 radical (unpaired) electrons. The Morgan fingerprint density at radius 3 is 2.70 bits per heavy atom. The van der Waals surface area contributed by atoms with Crippen LogP contribution in [0.25, 0.3) is 10.6 Å². The highest BCUT2D eigenvalue weighted by molar-refractivity contribution is 7.13. The predicted molar refractivity (Wildman–Crippen MR) is 99.2 cm³/mol. The van der Waals surface area contributed by atoms with Crippen LogP contribution in [0.4, 0.5) is 4.79 Å². The first-order chi connectivity index (χ1) is 13.0. The van der Waals surface area contributed by atoms with Crippen LogP contribution in [0, 0.1) is 0 Å². The molecule has 1 aliphatic rings. The van der Waals surface area contributed by atoms with Gasteiger partial charge in [-0.05, 0) is 43.3 Å². The van der Waals surface area contributed by atoms with Crippen molar-refractivity contribution < 1.29 is 18.7 Å². The van der Waals surface area contributed by atoms with Crippen molar-refractivity contribution in [1.29, 1.82) is 0 Å². The maximum atomic E-state index is 12.8. The molecule has 2 aromatic heterocycles. The number of ether oxygens (including phenoxy) is 1. The number of rotatable bonds is 5. The molecule has 8 heteroatoms. The minimum atomic E-state index is -1.20. The predicted octanol–water partition coefficient (Wildman–Crippen LogP) is 3.38. The number of thiazole rings is 1. The van der Waals surface area contributed by atoms with Crippen LogP contribution in [0.5, 0.6) is 5.75 Å². The van der Waals surface area contributed by atoms with E-state index in [1.54, 1.807) is 26.2 Å². The molecule has 0 spiro atoms. The molecule has 1 aromatic carbocycles. The normalized spacial score (nSPS) is 19.4. The van der Waals surface area contributed by atoms with Crippen LogP contribution in [0.2, 0.25) is 0 Å². The van der Waals surface area contributed by atoms with Crippen molar-refractivity contribution in [2.45, 2.75) is 19.0 Å². The van der Waals surface area contributed by atoms with Gasteiger partial charge in [0.05, 0.1) is 25.6 Å². The molecule has 27 heavy (non-hydrogen) atoms. The number of carbonyl (C=O) groups is 2. The van der Waals surface area contributed by atoms with Crippen LogP contribution in [-0.4, -0.2) is 28.9 Å². The van der Waals surface area contributed by atoms with E-state index in [9.17, 15) is 9.59 Å². The topological polar surface area (TPSA) is 84.7 Å². The molecule has 4 rings (SSSR count). The van der Waals surface area contributed by atoms with Gasteiger partial charge in [-0.3, -0.25) is 9.69 Å². The minimum absolute atomic E-state index is 0.105. The molecule has 0 aliphatic carbocycles. The summed E-state index contributed by atoms with van der Waals surface area (Å²) in [6.07, 6.45) is 1.48. The van der Waals surface area contributed by atoms with E-state index in [0.29, 0.717) is 11.5 Å². The summed E-state index contributed by atoms with van der Waals surface area (Å²) in [6, 6.07) is 10.5. The molecule has 138 valence electrons. The molecule has 1 N–H and O–H groups in total. The van der Waals surface area contributed by atoms with Crippen molar-refractivity contribution in [1.82, 2.24) is 15.2 Å². The summed E-state index contributed by atoms with van der Waals surface area (Å²) in [5, 5.41) is 5.37. The lowest BCUT2D eigenvalue weighted by molar-refractivity contribution is -0.132. The van der Waals surface area contributed by atoms with Gasteiger partial charge in [0.25, 0.3) is 5.91 Å². The molecule has 3 heterocycles. The SMILES string of the molecule is COc1ccc(-c2nc(CN3C(=O)NC(C)(c4ccco4)C3=O)cs2)cc1. The van der Waals surface area contributed by atoms with E-state index in [0.717, 1.165) is 21.2 Å². The number of aromatic nitrogens is 1. The van der Waals surface area contributed by atoms with E-state index >= 15 is 0 Å². The average Bonchev–Trinajstić information content (AvgIpc) is 3.41. The third-order valence-corrected chi connectivity index (χ3v) is 5.44. The fraction of sp³-hybridized carbons (Fsp3) is 0.211. The lowest BCUT2D eigenvalue weighted by Gasteiger charge is -2.18. The van der Waals surface area contributed by atoms with E-state index in [1.807, 2.05) is 29.6 Å². The number of benzene rings is 1. The molecule has 3 aromatic rings. The first kappa shape index (κ1) is 17.3. The van der Waals surface area contributed by atoms with Gasteiger partial charge in [-0.15, -0.1) is 11.3 Å². The number of hydrogen-bond donors (Lipinski definition) is 1. The zero-order valence-electron chi connectivity index (χ0n) is 14.8. The van der Waals surface area contributed by atoms with E-state index in [2.05, 4.69) is 10.3 Å². The number of amides is 3. The first-order valence-corrected chi connectivity index (χ1v) is 9.16. The standard InChI is InChI=1S/C19H17N3O4S/c1-19(15-4-3-9-26-15)17(23)22(18(24)21-19)10-13-11-27-16(20-13)12-5-7-14(25-2)8-6-12/h3-9,11H,10H2,1-2H3,(H,21,24). The third-order valence-electron chi connectivity index (χ3n) is 4.50. The molecule has 0 bridgehead atoms. The van der Waals surface area contributed by atoms with Crippen molar-refractivity contribution in [2.75, 3.05) is 7.11 Å². The second-order valence-corrected chi connectivity index (χ2v) is 7.15. The second-order valence-electron chi connectivity index (χ2n) is 6.30. The summed E-state index contributed by atoms with van der Waals surface area (Å²) in [5.74, 6) is 0.814. The zero-order chi connectivity index (χ0) is 19.0. The Hall–Kier alpha value is -3.13. The number of nitrogens with zero attached hydrogens (tertiary/aromatic N) is 2. The highest BCUT2D eigenvalue weighted by Crippen LogP contribution is 2.31. The van der Waals surface area contributed by atoms with Gasteiger partial charge >= 0.3 is 6.03 Å². The van der Waals surface area contributed by atoms with Crippen molar-refractivity contribution >= 4 is 23.3 Å². The van der Waals surface area contributed by atoms with Gasteiger partial charge in [-0.25, -0.2) is 9.78 Å². The number of hydrogen-bond acceptors (Lipinski definition) is 6. The van der Waals surface area contributed by atoms with E-state index < -0.39 is 11.6 Å². The summed E-state index contributed by atoms with van der Waals surface area (Å²) >= 11 is 1.46. The molecule has 1 aliphatic heterocycles. The van der Waals surface area contributed by atoms with Crippen LogP contribution in [-0.2, 0) is 16.9 Å². The fourth-order valence-electron chi connectivity index (χ4n) is 2.98. The van der Waals surface area contributed by atoms with Gasteiger partial charge in [0.15, 0.2) is 5.54 Å². The van der Waals surface area contributed by atoms with Gasteiger partial charge in [0.1, 0.15) is 16.5 Å². The maximum absolute atomic E-state index is 12.8. The highest BCUT2D eigenvalue weighted by atomic mass is 32.1. The van der Waals surface area contributed by atoms with Crippen LogP contribution < -0.4 is 10.1 Å². The summed E-state index contributed by atoms with van der Waals surface area (Å²) < 4.78 is 10.5. The van der Waals surface area contributed by atoms with Crippen molar-refractivity contribution in [2.24, 2.45) is 0 Å². The van der Waals surface area contributed by atoms with Gasteiger partial charge in [-0.1, -0.05) is 0 Å². The molecule has 1 atom stereocenters.